The van der Waals surface area contributed by atoms with Crippen LogP contribution in [0.5, 0.6) is 0 Å². The van der Waals surface area contributed by atoms with Gasteiger partial charge < -0.3 is 9.64 Å². The van der Waals surface area contributed by atoms with Gasteiger partial charge in [0.2, 0.25) is 9.05 Å². The summed E-state index contributed by atoms with van der Waals surface area (Å²) in [6, 6.07) is 8.28. The standard InChI is InChI=1S/C24H35ClN2O2.CH3ClO2S/c1-23(2,3)29-22(28)27-14-12-26(13-15-27)17-19-10-11-24(4,5)16-21(19)18-6-8-20(25)9-7-18;1-5(2,3)4/h6-9H,10-17H2,1-5H3;1H3. The molecule has 0 radical (unpaired) electrons. The fourth-order valence-corrected chi connectivity index (χ4v) is 4.27. The maximum Gasteiger partial charge on any atom is 0.410 e. The molecule has 6 nitrogen and oxygen atoms in total. The Bertz CT molecular complexity index is 967. The zero-order chi connectivity index (χ0) is 25.7. The molecule has 0 N–H and O–H groups in total. The van der Waals surface area contributed by atoms with Crippen LogP contribution in [0.3, 0.4) is 0 Å². The van der Waals surface area contributed by atoms with Crippen molar-refractivity contribution in [1.82, 2.24) is 9.80 Å². The van der Waals surface area contributed by atoms with E-state index in [1.54, 1.807) is 0 Å². The lowest BCUT2D eigenvalue weighted by Crippen LogP contribution is -2.50. The van der Waals surface area contributed by atoms with E-state index in [-0.39, 0.29) is 6.09 Å². The van der Waals surface area contributed by atoms with Gasteiger partial charge in [-0.05, 0) is 68.7 Å². The first-order valence-corrected chi connectivity index (χ1v) is 14.7. The van der Waals surface area contributed by atoms with Gasteiger partial charge in [0, 0.05) is 48.4 Å². The van der Waals surface area contributed by atoms with Gasteiger partial charge in [-0.15, -0.1) is 0 Å². The van der Waals surface area contributed by atoms with Crippen molar-refractivity contribution in [3.63, 3.8) is 0 Å². The molecule has 0 unspecified atom stereocenters. The van der Waals surface area contributed by atoms with Crippen LogP contribution < -0.4 is 0 Å². The van der Waals surface area contributed by atoms with Crippen molar-refractivity contribution in [2.24, 2.45) is 5.41 Å². The molecule has 34 heavy (non-hydrogen) atoms. The largest absolute Gasteiger partial charge is 0.444 e. The van der Waals surface area contributed by atoms with Gasteiger partial charge in [0.1, 0.15) is 5.60 Å². The average Bonchev–Trinajstić information content (AvgIpc) is 2.68. The Balaban J connectivity index is 0.000000739. The van der Waals surface area contributed by atoms with E-state index < -0.39 is 14.7 Å². The minimum Gasteiger partial charge on any atom is -0.444 e. The number of carbonyl (C=O) groups excluding carboxylic acids is 1. The van der Waals surface area contributed by atoms with E-state index in [9.17, 15) is 13.2 Å². The van der Waals surface area contributed by atoms with Gasteiger partial charge in [-0.2, -0.15) is 0 Å². The number of amides is 1. The lowest BCUT2D eigenvalue weighted by molar-refractivity contribution is 0.0151. The molecule has 1 aliphatic heterocycles. The SMILES string of the molecule is CC1(C)CCC(CN2CCN(C(=O)OC(C)(C)C)CC2)=C(c2ccc(Cl)cc2)C1.CS(=O)(=O)Cl. The highest BCUT2D eigenvalue weighted by Crippen LogP contribution is 2.43. The van der Waals surface area contributed by atoms with Gasteiger partial charge in [0.25, 0.3) is 0 Å². The van der Waals surface area contributed by atoms with E-state index in [4.69, 9.17) is 16.3 Å². The van der Waals surface area contributed by atoms with Crippen molar-refractivity contribution in [3.8, 4) is 0 Å². The molecular weight excluding hydrogens is 495 g/mol. The van der Waals surface area contributed by atoms with Crippen LogP contribution in [0.4, 0.5) is 4.79 Å². The van der Waals surface area contributed by atoms with E-state index in [1.165, 1.54) is 23.1 Å². The zero-order valence-electron chi connectivity index (χ0n) is 21.2. The van der Waals surface area contributed by atoms with Gasteiger partial charge >= 0.3 is 6.09 Å². The van der Waals surface area contributed by atoms with Crippen molar-refractivity contribution < 1.29 is 17.9 Å². The summed E-state index contributed by atoms with van der Waals surface area (Å²) in [7, 11) is 1.31. The number of halogens is 2. The number of hydrogen-bond donors (Lipinski definition) is 0. The molecule has 0 bridgehead atoms. The Morgan fingerprint density at radius 1 is 1.09 bits per heavy atom. The molecule has 0 spiro atoms. The third-order valence-electron chi connectivity index (χ3n) is 5.82. The summed E-state index contributed by atoms with van der Waals surface area (Å²) >= 11 is 6.11. The van der Waals surface area contributed by atoms with Crippen molar-refractivity contribution in [2.45, 2.75) is 59.5 Å². The van der Waals surface area contributed by atoms with Gasteiger partial charge in [-0.1, -0.05) is 43.2 Å². The average molecular weight is 534 g/mol. The van der Waals surface area contributed by atoms with Crippen molar-refractivity contribution in [3.05, 3.63) is 40.4 Å². The highest BCUT2D eigenvalue weighted by atomic mass is 35.7. The second-order valence-corrected chi connectivity index (χ2v) is 14.3. The Morgan fingerprint density at radius 2 is 1.62 bits per heavy atom. The van der Waals surface area contributed by atoms with Gasteiger partial charge in [-0.25, -0.2) is 13.2 Å². The van der Waals surface area contributed by atoms with Gasteiger partial charge in [0.15, 0.2) is 0 Å². The van der Waals surface area contributed by atoms with E-state index in [2.05, 4.69) is 41.6 Å². The summed E-state index contributed by atoms with van der Waals surface area (Å²) < 4.78 is 24.3. The highest BCUT2D eigenvalue weighted by Gasteiger charge is 2.30. The van der Waals surface area contributed by atoms with Gasteiger partial charge in [-0.3, -0.25) is 4.90 Å². The molecule has 1 heterocycles. The van der Waals surface area contributed by atoms with Crippen molar-refractivity contribution >= 4 is 43.0 Å². The normalized spacial score (nSPS) is 19.4. The first-order chi connectivity index (χ1) is 15.5. The molecule has 3 rings (SSSR count). The number of hydrogen-bond acceptors (Lipinski definition) is 5. The third kappa shape index (κ3) is 10.5. The molecular formula is C25H38Cl2N2O4S. The topological polar surface area (TPSA) is 66.9 Å². The maximum absolute atomic E-state index is 12.3. The lowest BCUT2D eigenvalue weighted by Gasteiger charge is -2.39. The number of benzene rings is 1. The van der Waals surface area contributed by atoms with Crippen LogP contribution in [0, 0.1) is 5.41 Å². The number of rotatable bonds is 3. The van der Waals surface area contributed by atoms with E-state index in [0.717, 1.165) is 56.8 Å². The summed E-state index contributed by atoms with van der Waals surface area (Å²) in [5.74, 6) is 0. The maximum atomic E-state index is 12.3. The third-order valence-corrected chi connectivity index (χ3v) is 6.07. The van der Waals surface area contributed by atoms with Crippen LogP contribution in [-0.4, -0.2) is 68.9 Å². The molecule has 1 saturated heterocycles. The first kappa shape index (κ1) is 29.0. The lowest BCUT2D eigenvalue weighted by atomic mass is 9.72. The van der Waals surface area contributed by atoms with Crippen molar-refractivity contribution in [1.29, 1.82) is 0 Å². The van der Waals surface area contributed by atoms with Crippen LogP contribution in [0.1, 0.15) is 59.4 Å². The molecule has 192 valence electrons. The molecule has 1 aromatic rings. The minimum atomic E-state index is -3.19. The minimum absolute atomic E-state index is 0.197. The van der Waals surface area contributed by atoms with E-state index in [0.29, 0.717) is 5.41 Å². The Hall–Kier alpha value is -1.28. The summed E-state index contributed by atoms with van der Waals surface area (Å²) in [4.78, 5) is 16.6. The summed E-state index contributed by atoms with van der Waals surface area (Å²) in [5, 5.41) is 0.782. The molecule has 1 aromatic carbocycles. The zero-order valence-corrected chi connectivity index (χ0v) is 23.5. The number of piperazine rings is 1. The number of carbonyl (C=O) groups is 1. The molecule has 1 fully saturated rings. The van der Waals surface area contributed by atoms with E-state index in [1.807, 2.05) is 37.8 Å². The molecule has 1 amide bonds. The highest BCUT2D eigenvalue weighted by molar-refractivity contribution is 8.13. The molecule has 0 atom stereocenters. The van der Waals surface area contributed by atoms with Crippen LogP contribution >= 0.6 is 22.3 Å². The van der Waals surface area contributed by atoms with Crippen molar-refractivity contribution in [2.75, 3.05) is 39.0 Å². The van der Waals surface area contributed by atoms with Crippen LogP contribution in [0.15, 0.2) is 29.8 Å². The van der Waals surface area contributed by atoms with Gasteiger partial charge in [0.05, 0.1) is 6.26 Å². The Kier molecular flexibility index (Phi) is 9.91. The second-order valence-electron chi connectivity index (χ2n) is 10.9. The fraction of sp³-hybridized carbons (Fsp3) is 0.640. The van der Waals surface area contributed by atoms with E-state index >= 15 is 0 Å². The summed E-state index contributed by atoms with van der Waals surface area (Å²) in [6.45, 7) is 14.7. The molecule has 0 aromatic heterocycles. The molecule has 1 aliphatic carbocycles. The Labute approximate surface area is 214 Å². The number of allylic oxidation sites excluding steroid dienone is 1. The number of ether oxygens (including phenoxy) is 1. The smallest absolute Gasteiger partial charge is 0.410 e. The quantitative estimate of drug-likeness (QED) is 0.443. The Morgan fingerprint density at radius 3 is 2.12 bits per heavy atom. The summed E-state index contributed by atoms with van der Waals surface area (Å²) in [5.41, 5.74) is 4.20. The second kappa shape index (κ2) is 11.6. The predicted molar refractivity (Wildman–Crippen MR) is 141 cm³/mol. The summed E-state index contributed by atoms with van der Waals surface area (Å²) in [6.07, 6.45) is 4.18. The monoisotopic (exact) mass is 532 g/mol. The van der Waals surface area contributed by atoms with Crippen LogP contribution in [0.2, 0.25) is 5.02 Å². The number of nitrogens with zero attached hydrogens (tertiary/aromatic N) is 2. The van der Waals surface area contributed by atoms with Crippen LogP contribution in [-0.2, 0) is 13.8 Å². The van der Waals surface area contributed by atoms with Crippen LogP contribution in [0.25, 0.3) is 5.57 Å². The molecule has 9 heteroatoms. The molecule has 2 aliphatic rings. The first-order valence-electron chi connectivity index (χ1n) is 11.6. The molecule has 0 saturated carbocycles. The fourth-order valence-electron chi connectivity index (χ4n) is 4.15. The predicted octanol–water partition coefficient (Wildman–Crippen LogP) is 6.04.